The van der Waals surface area contributed by atoms with E-state index < -0.39 is 0 Å². The third-order valence-corrected chi connectivity index (χ3v) is 4.92. The quantitative estimate of drug-likeness (QED) is 0.732. The van der Waals surface area contributed by atoms with Gasteiger partial charge in [-0.2, -0.15) is 0 Å². The van der Waals surface area contributed by atoms with Crippen molar-refractivity contribution in [1.29, 1.82) is 0 Å². The maximum atomic E-state index is 12.4. The summed E-state index contributed by atoms with van der Waals surface area (Å²) in [5.74, 6) is 0.594. The second kappa shape index (κ2) is 3.73. The Morgan fingerprint density at radius 3 is 2.31 bits per heavy atom. The van der Waals surface area contributed by atoms with Crippen LogP contribution in [0.3, 0.4) is 0 Å². The molecule has 1 saturated heterocycles. The molecule has 1 saturated carbocycles. The van der Waals surface area contributed by atoms with E-state index in [1.165, 1.54) is 0 Å². The summed E-state index contributed by atoms with van der Waals surface area (Å²) in [6, 6.07) is 0. The molecule has 0 atom stereocenters. The first-order valence-corrected chi connectivity index (χ1v) is 6.38. The third kappa shape index (κ3) is 1.65. The van der Waals surface area contributed by atoms with Gasteiger partial charge in [0.05, 0.1) is 0 Å². The van der Waals surface area contributed by atoms with Crippen LogP contribution >= 0.6 is 0 Å². The molecule has 1 aliphatic heterocycles. The fourth-order valence-corrected chi connectivity index (χ4v) is 3.06. The Labute approximate surface area is 98.6 Å². The van der Waals surface area contributed by atoms with E-state index in [0.29, 0.717) is 5.91 Å². The van der Waals surface area contributed by atoms with Gasteiger partial charge in [0.15, 0.2) is 0 Å². The van der Waals surface area contributed by atoms with Gasteiger partial charge in [0.1, 0.15) is 0 Å². The van der Waals surface area contributed by atoms with E-state index in [0.717, 1.165) is 32.6 Å². The molecular weight excluding hydrogens is 200 g/mol. The highest BCUT2D eigenvalue weighted by molar-refractivity contribution is 5.84. The summed E-state index contributed by atoms with van der Waals surface area (Å²) in [4.78, 5) is 14.5. The molecule has 92 valence electrons. The highest BCUT2D eigenvalue weighted by atomic mass is 16.2. The molecule has 3 nitrogen and oxygen atoms in total. The number of carbonyl (C=O) groups excluding carboxylic acids is 1. The zero-order valence-electron chi connectivity index (χ0n) is 11.0. The molecule has 0 aromatic rings. The van der Waals surface area contributed by atoms with Crippen LogP contribution in [0.25, 0.3) is 0 Å². The first-order chi connectivity index (χ1) is 7.39. The summed E-state index contributed by atoms with van der Waals surface area (Å²) in [7, 11) is 0. The molecule has 1 N–H and O–H groups in total. The maximum absolute atomic E-state index is 12.4. The first-order valence-electron chi connectivity index (χ1n) is 6.38. The Morgan fingerprint density at radius 1 is 1.12 bits per heavy atom. The largest absolute Gasteiger partial charge is 0.341 e. The van der Waals surface area contributed by atoms with Crippen LogP contribution in [0.1, 0.15) is 34.1 Å². The van der Waals surface area contributed by atoms with Gasteiger partial charge < -0.3 is 10.2 Å². The molecule has 0 spiro atoms. The molecule has 2 rings (SSSR count). The van der Waals surface area contributed by atoms with Crippen LogP contribution in [0, 0.1) is 16.7 Å². The fraction of sp³-hybridized carbons (Fsp3) is 0.923. The molecule has 0 bridgehead atoms. The van der Waals surface area contributed by atoms with Gasteiger partial charge >= 0.3 is 0 Å². The van der Waals surface area contributed by atoms with Crippen LogP contribution in [-0.2, 0) is 4.79 Å². The SMILES string of the molecule is CC1(C)C(C(=O)N2CCCNCC2)C1(C)C. The minimum Gasteiger partial charge on any atom is -0.341 e. The van der Waals surface area contributed by atoms with Gasteiger partial charge in [0.25, 0.3) is 0 Å². The molecular formula is C13H24N2O. The molecule has 3 heteroatoms. The van der Waals surface area contributed by atoms with Crippen molar-refractivity contribution in [3.63, 3.8) is 0 Å². The van der Waals surface area contributed by atoms with Gasteiger partial charge in [-0.15, -0.1) is 0 Å². The van der Waals surface area contributed by atoms with E-state index in [1.807, 2.05) is 0 Å². The summed E-state index contributed by atoms with van der Waals surface area (Å²) in [5, 5.41) is 3.34. The number of hydrogen-bond acceptors (Lipinski definition) is 2. The average Bonchev–Trinajstić information content (AvgIpc) is 2.73. The number of nitrogens with zero attached hydrogens (tertiary/aromatic N) is 1. The minimum atomic E-state index is 0.170. The number of rotatable bonds is 1. The topological polar surface area (TPSA) is 32.3 Å². The van der Waals surface area contributed by atoms with Crippen molar-refractivity contribution >= 4 is 5.91 Å². The highest BCUT2D eigenvalue weighted by Gasteiger charge is 2.68. The second-order valence-electron chi connectivity index (χ2n) is 6.31. The van der Waals surface area contributed by atoms with E-state index in [2.05, 4.69) is 37.9 Å². The molecule has 1 heterocycles. The second-order valence-corrected chi connectivity index (χ2v) is 6.31. The van der Waals surface area contributed by atoms with E-state index in [9.17, 15) is 4.79 Å². The predicted octanol–water partition coefficient (Wildman–Crippen LogP) is 1.49. The van der Waals surface area contributed by atoms with Crippen molar-refractivity contribution < 1.29 is 4.79 Å². The smallest absolute Gasteiger partial charge is 0.226 e. The van der Waals surface area contributed by atoms with Crippen LogP contribution in [0.15, 0.2) is 0 Å². The summed E-state index contributed by atoms with van der Waals surface area (Å²) in [6.07, 6.45) is 1.08. The van der Waals surface area contributed by atoms with Crippen LogP contribution in [0.4, 0.5) is 0 Å². The molecule has 1 amide bonds. The minimum absolute atomic E-state index is 0.170. The van der Waals surface area contributed by atoms with Crippen LogP contribution in [0.5, 0.6) is 0 Å². The molecule has 16 heavy (non-hydrogen) atoms. The lowest BCUT2D eigenvalue weighted by Crippen LogP contribution is -2.36. The van der Waals surface area contributed by atoms with Gasteiger partial charge in [0, 0.05) is 25.6 Å². The summed E-state index contributed by atoms with van der Waals surface area (Å²) >= 11 is 0. The molecule has 2 aliphatic rings. The average molecular weight is 224 g/mol. The van der Waals surface area contributed by atoms with Crippen molar-refractivity contribution in [3.8, 4) is 0 Å². The number of carbonyl (C=O) groups is 1. The molecule has 0 aromatic heterocycles. The molecule has 1 aliphatic carbocycles. The summed E-state index contributed by atoms with van der Waals surface area (Å²) in [5.41, 5.74) is 0.341. The Morgan fingerprint density at radius 2 is 1.75 bits per heavy atom. The van der Waals surface area contributed by atoms with Crippen molar-refractivity contribution in [1.82, 2.24) is 10.2 Å². The summed E-state index contributed by atoms with van der Waals surface area (Å²) < 4.78 is 0. The van der Waals surface area contributed by atoms with Gasteiger partial charge in [-0.1, -0.05) is 27.7 Å². The fourth-order valence-electron chi connectivity index (χ4n) is 3.06. The lowest BCUT2D eigenvalue weighted by atomic mass is 10.0. The third-order valence-electron chi connectivity index (χ3n) is 4.92. The lowest BCUT2D eigenvalue weighted by molar-refractivity contribution is -0.133. The standard InChI is InChI=1S/C13H24N2O/c1-12(2)10(13(12,3)4)11(16)15-8-5-6-14-7-9-15/h10,14H,5-9H2,1-4H3. The van der Waals surface area contributed by atoms with Crippen LogP contribution in [0.2, 0.25) is 0 Å². The van der Waals surface area contributed by atoms with E-state index in [4.69, 9.17) is 0 Å². The monoisotopic (exact) mass is 224 g/mol. The van der Waals surface area contributed by atoms with Crippen molar-refractivity contribution in [2.45, 2.75) is 34.1 Å². The normalized spacial score (nSPS) is 28.6. The van der Waals surface area contributed by atoms with E-state index in [-0.39, 0.29) is 16.7 Å². The number of hydrogen-bond donors (Lipinski definition) is 1. The maximum Gasteiger partial charge on any atom is 0.226 e. The van der Waals surface area contributed by atoms with Gasteiger partial charge in [0.2, 0.25) is 5.91 Å². The van der Waals surface area contributed by atoms with Gasteiger partial charge in [-0.25, -0.2) is 0 Å². The Bertz CT molecular complexity index is 274. The van der Waals surface area contributed by atoms with Gasteiger partial charge in [-0.3, -0.25) is 4.79 Å². The zero-order valence-corrected chi connectivity index (χ0v) is 11.0. The van der Waals surface area contributed by atoms with Crippen LogP contribution < -0.4 is 5.32 Å². The molecule has 2 fully saturated rings. The molecule has 0 unspecified atom stereocenters. The Balaban J connectivity index is 2.03. The Kier molecular flexibility index (Phi) is 2.77. The zero-order chi connectivity index (χ0) is 12.0. The van der Waals surface area contributed by atoms with Gasteiger partial charge in [-0.05, 0) is 23.8 Å². The van der Waals surface area contributed by atoms with Crippen molar-refractivity contribution in [2.75, 3.05) is 26.2 Å². The number of amides is 1. The van der Waals surface area contributed by atoms with Crippen LogP contribution in [-0.4, -0.2) is 37.0 Å². The predicted molar refractivity (Wildman–Crippen MR) is 65.1 cm³/mol. The lowest BCUT2D eigenvalue weighted by Gasteiger charge is -2.21. The molecule has 0 radical (unpaired) electrons. The number of nitrogens with one attached hydrogen (secondary N) is 1. The Hall–Kier alpha value is -0.570. The highest BCUT2D eigenvalue weighted by Crippen LogP contribution is 2.68. The van der Waals surface area contributed by atoms with Crippen molar-refractivity contribution in [3.05, 3.63) is 0 Å². The van der Waals surface area contributed by atoms with E-state index >= 15 is 0 Å². The molecule has 0 aromatic carbocycles. The summed E-state index contributed by atoms with van der Waals surface area (Å²) in [6.45, 7) is 12.6. The first kappa shape index (κ1) is 11.9. The van der Waals surface area contributed by atoms with E-state index in [1.54, 1.807) is 0 Å². The van der Waals surface area contributed by atoms with Crippen molar-refractivity contribution in [2.24, 2.45) is 16.7 Å².